The summed E-state index contributed by atoms with van der Waals surface area (Å²) in [5.74, 6) is -0.554. The first-order valence-corrected chi connectivity index (χ1v) is 7.98. The summed E-state index contributed by atoms with van der Waals surface area (Å²) in [6.45, 7) is -0.446. The lowest BCUT2D eigenvalue weighted by Crippen LogP contribution is -2.20. The summed E-state index contributed by atoms with van der Waals surface area (Å²) in [6, 6.07) is 12.0. The van der Waals surface area contributed by atoms with Crippen molar-refractivity contribution in [2.75, 3.05) is 19.0 Å². The SMILES string of the molecule is COc1ccccc1/C=C/C(=O)OCC(=O)Nc1cccc(Cl)c1Cl. The van der Waals surface area contributed by atoms with Gasteiger partial charge in [-0.1, -0.05) is 47.5 Å². The van der Waals surface area contributed by atoms with Crippen LogP contribution in [-0.4, -0.2) is 25.6 Å². The van der Waals surface area contributed by atoms with Gasteiger partial charge in [-0.2, -0.15) is 0 Å². The molecule has 2 aromatic carbocycles. The maximum atomic E-state index is 11.8. The first kappa shape index (κ1) is 18.8. The zero-order chi connectivity index (χ0) is 18.2. The number of nitrogens with one attached hydrogen (secondary N) is 1. The van der Waals surface area contributed by atoms with Crippen LogP contribution in [-0.2, 0) is 14.3 Å². The molecule has 1 N–H and O–H groups in total. The summed E-state index contributed by atoms with van der Waals surface area (Å²) >= 11 is 11.8. The van der Waals surface area contributed by atoms with Gasteiger partial charge in [0.15, 0.2) is 6.61 Å². The molecule has 25 heavy (non-hydrogen) atoms. The van der Waals surface area contributed by atoms with E-state index in [0.717, 1.165) is 5.56 Å². The second kappa shape index (κ2) is 9.11. The van der Waals surface area contributed by atoms with Crippen LogP contribution in [0, 0.1) is 0 Å². The predicted molar refractivity (Wildman–Crippen MR) is 98.1 cm³/mol. The molecule has 0 aromatic heterocycles. The van der Waals surface area contributed by atoms with E-state index in [1.807, 2.05) is 12.1 Å². The van der Waals surface area contributed by atoms with E-state index in [-0.39, 0.29) is 5.02 Å². The molecule has 0 saturated carbocycles. The molecule has 0 aliphatic rings. The Labute approximate surface area is 155 Å². The van der Waals surface area contributed by atoms with E-state index in [0.29, 0.717) is 16.5 Å². The van der Waals surface area contributed by atoms with E-state index in [9.17, 15) is 9.59 Å². The Kier molecular flexibility index (Phi) is 6.86. The van der Waals surface area contributed by atoms with Gasteiger partial charge in [0.2, 0.25) is 0 Å². The normalized spacial score (nSPS) is 10.5. The second-order valence-corrected chi connectivity index (χ2v) is 5.62. The molecule has 0 radical (unpaired) electrons. The van der Waals surface area contributed by atoms with Crippen LogP contribution in [0.25, 0.3) is 6.08 Å². The molecular weight excluding hydrogens is 365 g/mol. The minimum absolute atomic E-state index is 0.222. The van der Waals surface area contributed by atoms with Gasteiger partial charge in [0, 0.05) is 11.6 Å². The number of anilines is 1. The van der Waals surface area contributed by atoms with Crippen molar-refractivity contribution >= 4 is 46.8 Å². The van der Waals surface area contributed by atoms with Gasteiger partial charge in [-0.15, -0.1) is 0 Å². The lowest BCUT2D eigenvalue weighted by atomic mass is 10.2. The van der Waals surface area contributed by atoms with E-state index < -0.39 is 18.5 Å². The number of hydrogen-bond acceptors (Lipinski definition) is 4. The summed E-state index contributed by atoms with van der Waals surface area (Å²) in [5, 5.41) is 3.06. The molecule has 2 aromatic rings. The zero-order valence-corrected chi connectivity index (χ0v) is 14.8. The van der Waals surface area contributed by atoms with Gasteiger partial charge < -0.3 is 14.8 Å². The van der Waals surface area contributed by atoms with Crippen LogP contribution in [0.3, 0.4) is 0 Å². The maximum absolute atomic E-state index is 11.8. The second-order valence-electron chi connectivity index (χ2n) is 4.83. The number of esters is 1. The Morgan fingerprint density at radius 3 is 2.64 bits per heavy atom. The smallest absolute Gasteiger partial charge is 0.331 e. The van der Waals surface area contributed by atoms with Crippen molar-refractivity contribution in [3.63, 3.8) is 0 Å². The number of halogens is 2. The first-order valence-electron chi connectivity index (χ1n) is 7.23. The Morgan fingerprint density at radius 2 is 1.88 bits per heavy atom. The Balaban J connectivity index is 1.88. The number of benzene rings is 2. The Morgan fingerprint density at radius 1 is 1.12 bits per heavy atom. The molecule has 1 amide bonds. The minimum atomic E-state index is -0.654. The lowest BCUT2D eigenvalue weighted by Gasteiger charge is -2.08. The highest BCUT2D eigenvalue weighted by Crippen LogP contribution is 2.29. The first-order chi connectivity index (χ1) is 12.0. The monoisotopic (exact) mass is 379 g/mol. The summed E-state index contributed by atoms with van der Waals surface area (Å²) in [7, 11) is 1.54. The van der Waals surface area contributed by atoms with Gasteiger partial charge in [0.25, 0.3) is 5.91 Å². The summed E-state index contributed by atoms with van der Waals surface area (Å²) in [4.78, 5) is 23.5. The van der Waals surface area contributed by atoms with Crippen LogP contribution in [0.2, 0.25) is 10.0 Å². The van der Waals surface area contributed by atoms with Crippen molar-refractivity contribution in [2.45, 2.75) is 0 Å². The van der Waals surface area contributed by atoms with Crippen LogP contribution in [0.5, 0.6) is 5.75 Å². The predicted octanol–water partition coefficient (Wildman–Crippen LogP) is 4.20. The molecule has 0 fully saturated rings. The number of amides is 1. The van der Waals surface area contributed by atoms with Crippen molar-refractivity contribution < 1.29 is 19.1 Å². The molecule has 130 valence electrons. The number of methoxy groups -OCH3 is 1. The van der Waals surface area contributed by atoms with E-state index >= 15 is 0 Å². The Hall–Kier alpha value is -2.50. The molecule has 0 spiro atoms. The fraction of sp³-hybridized carbons (Fsp3) is 0.111. The van der Waals surface area contributed by atoms with Crippen molar-refractivity contribution in [3.05, 3.63) is 64.1 Å². The van der Waals surface area contributed by atoms with Crippen LogP contribution < -0.4 is 10.1 Å². The topological polar surface area (TPSA) is 64.6 Å². The van der Waals surface area contributed by atoms with E-state index in [1.165, 1.54) is 13.2 Å². The molecular formula is C18H15Cl2NO4. The van der Waals surface area contributed by atoms with E-state index in [4.69, 9.17) is 32.7 Å². The highest BCUT2D eigenvalue weighted by atomic mass is 35.5. The molecule has 0 atom stereocenters. The number of rotatable bonds is 6. The van der Waals surface area contributed by atoms with Gasteiger partial charge >= 0.3 is 5.97 Å². The van der Waals surface area contributed by atoms with Gasteiger partial charge in [-0.05, 0) is 24.3 Å². The molecule has 0 heterocycles. The molecule has 0 unspecified atom stereocenters. The van der Waals surface area contributed by atoms with Crippen LogP contribution in [0.4, 0.5) is 5.69 Å². The fourth-order valence-corrected chi connectivity index (χ4v) is 2.28. The van der Waals surface area contributed by atoms with Crippen molar-refractivity contribution in [3.8, 4) is 5.75 Å². The number of carbonyl (C=O) groups excluding carboxylic acids is 2. The third-order valence-corrected chi connectivity index (χ3v) is 3.93. The van der Waals surface area contributed by atoms with Crippen LogP contribution >= 0.6 is 23.2 Å². The molecule has 7 heteroatoms. The van der Waals surface area contributed by atoms with Gasteiger partial charge in [0.1, 0.15) is 5.75 Å². The quantitative estimate of drug-likeness (QED) is 0.603. The third-order valence-electron chi connectivity index (χ3n) is 3.11. The van der Waals surface area contributed by atoms with E-state index in [1.54, 1.807) is 36.4 Å². The number of hydrogen-bond donors (Lipinski definition) is 1. The van der Waals surface area contributed by atoms with Gasteiger partial charge in [-0.25, -0.2) is 4.79 Å². The highest BCUT2D eigenvalue weighted by molar-refractivity contribution is 6.44. The third kappa shape index (κ3) is 5.52. The lowest BCUT2D eigenvalue weighted by molar-refractivity contribution is -0.142. The van der Waals surface area contributed by atoms with Crippen molar-refractivity contribution in [2.24, 2.45) is 0 Å². The summed E-state index contributed by atoms with van der Waals surface area (Å²) in [5.41, 5.74) is 1.07. The minimum Gasteiger partial charge on any atom is -0.496 e. The molecule has 0 bridgehead atoms. The van der Waals surface area contributed by atoms with Crippen molar-refractivity contribution in [1.82, 2.24) is 0 Å². The van der Waals surface area contributed by atoms with Gasteiger partial charge in [0.05, 0.1) is 22.8 Å². The number of para-hydroxylation sites is 1. The standard InChI is InChI=1S/C18H15Cl2NO4/c1-24-15-8-3-2-5-12(15)9-10-17(23)25-11-16(22)21-14-7-4-6-13(19)18(14)20/h2-10H,11H2,1H3,(H,21,22)/b10-9+. The number of ether oxygens (including phenoxy) is 2. The number of carbonyl (C=O) groups is 2. The van der Waals surface area contributed by atoms with Crippen molar-refractivity contribution in [1.29, 1.82) is 0 Å². The molecule has 0 saturated heterocycles. The maximum Gasteiger partial charge on any atom is 0.331 e. The Bertz CT molecular complexity index is 805. The molecule has 0 aliphatic carbocycles. The molecule has 2 rings (SSSR count). The average Bonchev–Trinajstić information content (AvgIpc) is 2.62. The van der Waals surface area contributed by atoms with Gasteiger partial charge in [-0.3, -0.25) is 4.79 Å². The molecule has 5 nitrogen and oxygen atoms in total. The zero-order valence-electron chi connectivity index (χ0n) is 13.3. The summed E-state index contributed by atoms with van der Waals surface area (Å²) in [6.07, 6.45) is 2.77. The fourth-order valence-electron chi connectivity index (χ4n) is 1.93. The average molecular weight is 380 g/mol. The van der Waals surface area contributed by atoms with E-state index in [2.05, 4.69) is 5.32 Å². The largest absolute Gasteiger partial charge is 0.496 e. The highest BCUT2D eigenvalue weighted by Gasteiger charge is 2.10. The summed E-state index contributed by atoms with van der Waals surface area (Å²) < 4.78 is 10.1. The van der Waals surface area contributed by atoms with Crippen LogP contribution in [0.1, 0.15) is 5.56 Å². The van der Waals surface area contributed by atoms with Crippen LogP contribution in [0.15, 0.2) is 48.5 Å². The molecule has 0 aliphatic heterocycles.